The molecule has 0 radical (unpaired) electrons. The van der Waals surface area contributed by atoms with Crippen molar-refractivity contribution in [3.63, 3.8) is 0 Å². The van der Waals surface area contributed by atoms with E-state index in [-0.39, 0.29) is 6.04 Å². The van der Waals surface area contributed by atoms with Gasteiger partial charge in [0.2, 0.25) is 0 Å². The van der Waals surface area contributed by atoms with Gasteiger partial charge >= 0.3 is 0 Å². The van der Waals surface area contributed by atoms with Crippen LogP contribution in [0.5, 0.6) is 0 Å². The standard InChI is InChI=1S/C12H20N2/c1-3-9-14(10-4-2)12-8-6-5-7-11(12)13/h3-6,11-12H,1-2,7-10,13H2/t11-,12-/m0/s1. The fourth-order valence-corrected chi connectivity index (χ4v) is 1.92. The molecule has 2 heteroatoms. The van der Waals surface area contributed by atoms with Gasteiger partial charge in [-0.15, -0.1) is 13.2 Å². The summed E-state index contributed by atoms with van der Waals surface area (Å²) in [5.41, 5.74) is 6.08. The molecule has 0 spiro atoms. The molecule has 78 valence electrons. The van der Waals surface area contributed by atoms with Gasteiger partial charge in [-0.2, -0.15) is 0 Å². The van der Waals surface area contributed by atoms with E-state index in [2.05, 4.69) is 30.2 Å². The van der Waals surface area contributed by atoms with Gasteiger partial charge in [-0.1, -0.05) is 24.3 Å². The summed E-state index contributed by atoms with van der Waals surface area (Å²) in [6.07, 6.45) is 10.3. The summed E-state index contributed by atoms with van der Waals surface area (Å²) in [6, 6.07) is 0.691. The van der Waals surface area contributed by atoms with Crippen molar-refractivity contribution in [2.24, 2.45) is 5.73 Å². The lowest BCUT2D eigenvalue weighted by molar-refractivity contribution is 0.204. The summed E-state index contributed by atoms with van der Waals surface area (Å²) in [5, 5.41) is 0. The van der Waals surface area contributed by atoms with Crippen LogP contribution in [0.25, 0.3) is 0 Å². The van der Waals surface area contributed by atoms with Gasteiger partial charge < -0.3 is 5.73 Å². The van der Waals surface area contributed by atoms with Crippen molar-refractivity contribution in [3.8, 4) is 0 Å². The Kier molecular flexibility index (Phi) is 4.63. The third-order valence-corrected chi connectivity index (χ3v) is 2.64. The molecule has 0 amide bonds. The topological polar surface area (TPSA) is 29.3 Å². The van der Waals surface area contributed by atoms with Crippen LogP contribution in [0.15, 0.2) is 37.5 Å². The Bertz CT molecular complexity index is 210. The molecule has 1 rings (SSSR count). The van der Waals surface area contributed by atoms with Gasteiger partial charge in [0.05, 0.1) is 0 Å². The zero-order chi connectivity index (χ0) is 10.4. The van der Waals surface area contributed by atoms with E-state index >= 15 is 0 Å². The summed E-state index contributed by atoms with van der Waals surface area (Å²) >= 11 is 0. The van der Waals surface area contributed by atoms with E-state index in [0.717, 1.165) is 25.9 Å². The molecular formula is C12H20N2. The number of nitrogens with zero attached hydrogens (tertiary/aromatic N) is 1. The van der Waals surface area contributed by atoms with E-state index < -0.39 is 0 Å². The van der Waals surface area contributed by atoms with E-state index in [1.54, 1.807) is 0 Å². The minimum absolute atomic E-state index is 0.250. The molecule has 0 bridgehead atoms. The van der Waals surface area contributed by atoms with E-state index in [1.165, 1.54) is 0 Å². The highest BCUT2D eigenvalue weighted by Crippen LogP contribution is 2.16. The second-order valence-electron chi connectivity index (χ2n) is 3.71. The van der Waals surface area contributed by atoms with Gasteiger partial charge in [-0.25, -0.2) is 0 Å². The monoisotopic (exact) mass is 192 g/mol. The first-order valence-electron chi connectivity index (χ1n) is 5.16. The fraction of sp³-hybridized carbons (Fsp3) is 0.500. The van der Waals surface area contributed by atoms with Gasteiger partial charge in [-0.3, -0.25) is 4.90 Å². The molecule has 0 saturated heterocycles. The highest BCUT2D eigenvalue weighted by Gasteiger charge is 2.23. The molecule has 0 fully saturated rings. The Morgan fingerprint density at radius 3 is 2.29 bits per heavy atom. The molecule has 0 aliphatic heterocycles. The summed E-state index contributed by atoms with van der Waals surface area (Å²) in [7, 11) is 0. The minimum Gasteiger partial charge on any atom is -0.326 e. The molecule has 0 unspecified atom stereocenters. The highest BCUT2D eigenvalue weighted by atomic mass is 15.2. The molecule has 0 aromatic heterocycles. The largest absolute Gasteiger partial charge is 0.326 e. The number of hydrogen-bond acceptors (Lipinski definition) is 2. The van der Waals surface area contributed by atoms with Crippen LogP contribution in [0.4, 0.5) is 0 Å². The van der Waals surface area contributed by atoms with Crippen molar-refractivity contribution >= 4 is 0 Å². The Hall–Kier alpha value is -0.860. The lowest BCUT2D eigenvalue weighted by Gasteiger charge is -2.35. The molecule has 1 aliphatic rings. The third kappa shape index (κ3) is 2.82. The Balaban J connectivity index is 2.60. The van der Waals surface area contributed by atoms with Gasteiger partial charge in [-0.05, 0) is 12.8 Å². The van der Waals surface area contributed by atoms with Gasteiger partial charge in [0, 0.05) is 25.2 Å². The average Bonchev–Trinajstić information content (AvgIpc) is 2.18. The maximum atomic E-state index is 6.08. The number of nitrogens with two attached hydrogens (primary N) is 1. The lowest BCUT2D eigenvalue weighted by Crippen LogP contribution is -2.48. The van der Waals surface area contributed by atoms with Gasteiger partial charge in [0.1, 0.15) is 0 Å². The van der Waals surface area contributed by atoms with Gasteiger partial charge in [0.25, 0.3) is 0 Å². The first-order chi connectivity index (χ1) is 6.79. The zero-order valence-corrected chi connectivity index (χ0v) is 8.73. The molecular weight excluding hydrogens is 172 g/mol. The van der Waals surface area contributed by atoms with Crippen LogP contribution >= 0.6 is 0 Å². The van der Waals surface area contributed by atoms with Crippen LogP contribution in [0.1, 0.15) is 12.8 Å². The zero-order valence-electron chi connectivity index (χ0n) is 8.73. The summed E-state index contributed by atoms with van der Waals surface area (Å²) in [4.78, 5) is 2.33. The molecule has 0 saturated carbocycles. The Labute approximate surface area is 86.8 Å². The normalized spacial score (nSPS) is 26.4. The van der Waals surface area contributed by atoms with E-state index in [0.29, 0.717) is 6.04 Å². The van der Waals surface area contributed by atoms with Crippen LogP contribution in [0, 0.1) is 0 Å². The number of hydrogen-bond donors (Lipinski definition) is 1. The Morgan fingerprint density at radius 1 is 1.21 bits per heavy atom. The van der Waals surface area contributed by atoms with Crippen molar-refractivity contribution in [2.75, 3.05) is 13.1 Å². The van der Waals surface area contributed by atoms with Crippen LogP contribution in [-0.4, -0.2) is 30.1 Å². The fourth-order valence-electron chi connectivity index (χ4n) is 1.92. The molecule has 0 aromatic carbocycles. The van der Waals surface area contributed by atoms with Crippen molar-refractivity contribution in [1.29, 1.82) is 0 Å². The van der Waals surface area contributed by atoms with E-state index in [4.69, 9.17) is 5.73 Å². The summed E-state index contributed by atoms with van der Waals surface area (Å²) < 4.78 is 0. The molecule has 2 N–H and O–H groups in total. The summed E-state index contributed by atoms with van der Waals surface area (Å²) in [6.45, 7) is 9.31. The predicted octanol–water partition coefficient (Wildman–Crippen LogP) is 1.71. The molecule has 2 atom stereocenters. The first kappa shape index (κ1) is 11.2. The lowest BCUT2D eigenvalue weighted by atomic mass is 9.95. The van der Waals surface area contributed by atoms with Gasteiger partial charge in [0.15, 0.2) is 0 Å². The quantitative estimate of drug-likeness (QED) is 0.672. The SMILES string of the molecule is C=CCN(CC=C)[C@H]1CC=CC[C@@H]1N. The molecule has 2 nitrogen and oxygen atoms in total. The van der Waals surface area contributed by atoms with Crippen molar-refractivity contribution in [1.82, 2.24) is 4.90 Å². The first-order valence-corrected chi connectivity index (χ1v) is 5.16. The highest BCUT2D eigenvalue weighted by molar-refractivity contribution is 5.02. The molecule has 0 aromatic rings. The van der Waals surface area contributed by atoms with Crippen LogP contribution < -0.4 is 5.73 Å². The number of rotatable bonds is 5. The van der Waals surface area contributed by atoms with Crippen LogP contribution in [0.3, 0.4) is 0 Å². The van der Waals surface area contributed by atoms with Crippen LogP contribution in [-0.2, 0) is 0 Å². The molecule has 14 heavy (non-hydrogen) atoms. The maximum absolute atomic E-state index is 6.08. The minimum atomic E-state index is 0.250. The van der Waals surface area contributed by atoms with Crippen molar-refractivity contribution in [2.45, 2.75) is 24.9 Å². The average molecular weight is 192 g/mol. The molecule has 1 aliphatic carbocycles. The second kappa shape index (κ2) is 5.78. The smallest absolute Gasteiger partial charge is 0.0291 e. The van der Waals surface area contributed by atoms with Crippen molar-refractivity contribution < 1.29 is 0 Å². The second-order valence-corrected chi connectivity index (χ2v) is 3.71. The molecule has 0 heterocycles. The van der Waals surface area contributed by atoms with Crippen molar-refractivity contribution in [3.05, 3.63) is 37.5 Å². The Morgan fingerprint density at radius 2 is 1.79 bits per heavy atom. The van der Waals surface area contributed by atoms with Crippen LogP contribution in [0.2, 0.25) is 0 Å². The summed E-state index contributed by atoms with van der Waals surface area (Å²) in [5.74, 6) is 0. The maximum Gasteiger partial charge on any atom is 0.0291 e. The third-order valence-electron chi connectivity index (χ3n) is 2.64. The predicted molar refractivity (Wildman–Crippen MR) is 62.1 cm³/mol. The van der Waals surface area contributed by atoms with E-state index in [1.807, 2.05) is 12.2 Å². The van der Waals surface area contributed by atoms with E-state index in [9.17, 15) is 0 Å².